The molecule has 52 heavy (non-hydrogen) atoms. The van der Waals surface area contributed by atoms with Gasteiger partial charge in [-0.2, -0.15) is 0 Å². The summed E-state index contributed by atoms with van der Waals surface area (Å²) < 4.78 is 6.17. The molecule has 5 aliphatic carbocycles. The van der Waals surface area contributed by atoms with Gasteiger partial charge in [0.15, 0.2) is 5.78 Å². The van der Waals surface area contributed by atoms with Crippen LogP contribution in [0.4, 0.5) is 0 Å². The number of carboxylic acids is 1. The number of hydrogen-bond acceptors (Lipinski definition) is 6. The molecule has 3 N–H and O–H groups in total. The number of benzene rings is 1. The van der Waals surface area contributed by atoms with Crippen LogP contribution in [-0.4, -0.2) is 53.2 Å². The molecule has 7 heteroatoms. The average molecular weight is 718 g/mol. The van der Waals surface area contributed by atoms with E-state index in [9.17, 15) is 24.6 Å². The monoisotopic (exact) mass is 717 g/mol. The molecule has 4 fully saturated rings. The van der Waals surface area contributed by atoms with Crippen molar-refractivity contribution in [3.63, 3.8) is 0 Å². The van der Waals surface area contributed by atoms with Crippen LogP contribution in [0.5, 0.6) is 0 Å². The SMILES string of the molecule is CC(C)C1=C2[C@H]3CC[C@H]4C(C)(CCC5C(C)(C)[C@@H](OC(=O)CC(C)(C)C(=O)O)CC[C@@]54C)[C@]3(C)CC[C@@]2(C(O)CNCCc2ccccc2)CC1=O. The Hall–Kier alpha value is -2.51. The number of ether oxygens (including phenoxy) is 1. The molecule has 1 aromatic carbocycles. The Bertz CT molecular complexity index is 1580. The first kappa shape index (κ1) is 39.2. The Morgan fingerprint density at radius 3 is 2.27 bits per heavy atom. The number of esters is 1. The van der Waals surface area contributed by atoms with E-state index in [-0.39, 0.29) is 51.8 Å². The van der Waals surface area contributed by atoms with Crippen molar-refractivity contribution in [2.45, 2.75) is 145 Å². The molecule has 288 valence electrons. The highest BCUT2D eigenvalue weighted by molar-refractivity contribution is 6.00. The van der Waals surface area contributed by atoms with Crippen molar-refractivity contribution in [3.8, 4) is 0 Å². The lowest BCUT2D eigenvalue weighted by Gasteiger charge is -2.72. The van der Waals surface area contributed by atoms with Crippen molar-refractivity contribution in [2.75, 3.05) is 13.1 Å². The van der Waals surface area contributed by atoms with Crippen molar-refractivity contribution >= 4 is 17.7 Å². The predicted octanol–water partition coefficient (Wildman–Crippen LogP) is 8.57. The van der Waals surface area contributed by atoms with Gasteiger partial charge in [0.25, 0.3) is 0 Å². The third-order valence-corrected chi connectivity index (χ3v) is 16.3. The molecule has 1 aromatic rings. The van der Waals surface area contributed by atoms with Crippen LogP contribution < -0.4 is 5.32 Å². The largest absolute Gasteiger partial charge is 0.481 e. The molecule has 0 bridgehead atoms. The summed E-state index contributed by atoms with van der Waals surface area (Å²) in [4.78, 5) is 38.8. The van der Waals surface area contributed by atoms with Crippen LogP contribution in [0.3, 0.4) is 0 Å². The van der Waals surface area contributed by atoms with Crippen LogP contribution in [0, 0.1) is 56.2 Å². The maximum absolute atomic E-state index is 14.0. The number of allylic oxidation sites excluding steroid dienone is 1. The molecule has 3 unspecified atom stereocenters. The first-order chi connectivity index (χ1) is 24.2. The third-order valence-electron chi connectivity index (χ3n) is 16.3. The number of Topliss-reactive ketones (excluding diaryl/α,β-unsaturated/α-hetero) is 1. The number of aliphatic carboxylic acids is 1. The summed E-state index contributed by atoms with van der Waals surface area (Å²) in [7, 11) is 0. The van der Waals surface area contributed by atoms with E-state index in [1.54, 1.807) is 13.8 Å². The molecule has 0 amide bonds. The zero-order valence-corrected chi connectivity index (χ0v) is 33.6. The summed E-state index contributed by atoms with van der Waals surface area (Å²) in [5.74, 6) is 0.126. The minimum absolute atomic E-state index is 0.00379. The Balaban J connectivity index is 1.24. The third kappa shape index (κ3) is 6.12. The number of carboxylic acid groups (broad SMARTS) is 1. The van der Waals surface area contributed by atoms with Crippen LogP contribution >= 0.6 is 0 Å². The molecule has 0 radical (unpaired) electrons. The number of ketones is 1. The van der Waals surface area contributed by atoms with E-state index in [4.69, 9.17) is 4.74 Å². The highest BCUT2D eigenvalue weighted by Crippen LogP contribution is 2.77. The van der Waals surface area contributed by atoms with Gasteiger partial charge in [0, 0.05) is 23.8 Å². The Kier molecular flexibility index (Phi) is 10.3. The van der Waals surface area contributed by atoms with Gasteiger partial charge in [-0.3, -0.25) is 14.4 Å². The maximum Gasteiger partial charge on any atom is 0.309 e. The zero-order chi connectivity index (χ0) is 38.1. The highest BCUT2D eigenvalue weighted by atomic mass is 16.5. The fraction of sp³-hybridized carbons (Fsp3) is 0.756. The van der Waals surface area contributed by atoms with Crippen LogP contribution in [0.25, 0.3) is 0 Å². The van der Waals surface area contributed by atoms with Crippen LogP contribution in [-0.2, 0) is 25.5 Å². The maximum atomic E-state index is 14.0. The molecule has 6 rings (SSSR count). The van der Waals surface area contributed by atoms with Gasteiger partial charge < -0.3 is 20.3 Å². The lowest BCUT2D eigenvalue weighted by Crippen LogP contribution is -2.66. The normalized spacial score (nSPS) is 37.5. The molecular weight excluding hydrogens is 650 g/mol. The fourth-order valence-corrected chi connectivity index (χ4v) is 13.2. The highest BCUT2D eigenvalue weighted by Gasteiger charge is 2.70. The standard InChI is InChI=1S/C45H67NO6/c1-28(2)37-31(47)25-45(34(48)27-46-24-19-29-13-11-10-12-14-29)23-22-43(8)30(38(37)45)15-16-33-42(7)20-18-35(52-36(49)26-40(3,4)39(50)51)41(5,6)32(42)17-21-44(33,43)9/h10-14,28,30,32-35,46,48H,15-27H2,1-9H3,(H,50,51)/t30-,32?,33-,34?,35+,42+,43-,44?,45+/m1/s1. The van der Waals surface area contributed by atoms with E-state index in [1.807, 2.05) is 6.07 Å². The Labute approximate surface area is 313 Å². The topological polar surface area (TPSA) is 113 Å². The molecule has 9 atom stereocenters. The van der Waals surface area contributed by atoms with Gasteiger partial charge in [-0.05, 0) is 129 Å². The van der Waals surface area contributed by atoms with Gasteiger partial charge in [0.2, 0.25) is 0 Å². The number of aliphatic hydroxyl groups is 1. The van der Waals surface area contributed by atoms with Crippen LogP contribution in [0.1, 0.15) is 132 Å². The van der Waals surface area contributed by atoms with E-state index >= 15 is 0 Å². The van der Waals surface area contributed by atoms with Crippen molar-refractivity contribution < 1.29 is 29.3 Å². The molecule has 5 aliphatic rings. The first-order valence-corrected chi connectivity index (χ1v) is 20.4. The molecule has 4 saturated carbocycles. The van der Waals surface area contributed by atoms with Gasteiger partial charge in [-0.15, -0.1) is 0 Å². The lowest BCUT2D eigenvalue weighted by molar-refractivity contribution is -0.235. The number of rotatable bonds is 11. The summed E-state index contributed by atoms with van der Waals surface area (Å²) in [5, 5.41) is 25.3. The molecule has 0 aliphatic heterocycles. The molecule has 7 nitrogen and oxygen atoms in total. The van der Waals surface area contributed by atoms with Crippen molar-refractivity contribution in [3.05, 3.63) is 47.0 Å². The summed E-state index contributed by atoms with van der Waals surface area (Å²) in [5.41, 5.74) is 1.85. The van der Waals surface area contributed by atoms with Crippen LogP contribution in [0.15, 0.2) is 41.5 Å². The zero-order valence-electron chi connectivity index (χ0n) is 33.6. The van der Waals surface area contributed by atoms with E-state index < -0.39 is 28.9 Å². The second-order valence-electron chi connectivity index (χ2n) is 20.0. The van der Waals surface area contributed by atoms with E-state index in [0.29, 0.717) is 24.8 Å². The van der Waals surface area contributed by atoms with E-state index in [2.05, 4.69) is 78.0 Å². The molecule has 0 saturated heterocycles. The van der Waals surface area contributed by atoms with Gasteiger partial charge in [-0.1, -0.05) is 84.4 Å². The van der Waals surface area contributed by atoms with E-state index in [0.717, 1.165) is 69.9 Å². The second kappa shape index (κ2) is 13.7. The van der Waals surface area contributed by atoms with Crippen molar-refractivity contribution in [1.29, 1.82) is 0 Å². The van der Waals surface area contributed by atoms with Gasteiger partial charge in [-0.25, -0.2) is 0 Å². The minimum atomic E-state index is -1.16. The number of nitrogens with one attached hydrogen (secondary N) is 1. The fourth-order valence-electron chi connectivity index (χ4n) is 13.2. The lowest BCUT2D eigenvalue weighted by atomic mass is 9.33. The smallest absolute Gasteiger partial charge is 0.309 e. The Morgan fingerprint density at radius 1 is 0.923 bits per heavy atom. The molecular formula is C45H67NO6. The van der Waals surface area contributed by atoms with Crippen molar-refractivity contribution in [2.24, 2.45) is 56.2 Å². The number of fused-ring (bicyclic) bond motifs is 7. The van der Waals surface area contributed by atoms with Gasteiger partial charge >= 0.3 is 11.9 Å². The molecule has 0 heterocycles. The van der Waals surface area contributed by atoms with Crippen LogP contribution in [0.2, 0.25) is 0 Å². The average Bonchev–Trinajstić information content (AvgIpc) is 3.38. The first-order valence-electron chi connectivity index (χ1n) is 20.4. The predicted molar refractivity (Wildman–Crippen MR) is 204 cm³/mol. The Morgan fingerprint density at radius 2 is 1.62 bits per heavy atom. The minimum Gasteiger partial charge on any atom is -0.481 e. The number of carbonyl (C=O) groups is 3. The summed E-state index contributed by atoms with van der Waals surface area (Å²) in [6.45, 7) is 21.0. The summed E-state index contributed by atoms with van der Waals surface area (Å²) >= 11 is 0. The molecule has 0 aromatic heterocycles. The molecule has 0 spiro atoms. The van der Waals surface area contributed by atoms with Gasteiger partial charge in [0.05, 0.1) is 17.9 Å². The number of hydrogen-bond donors (Lipinski definition) is 3. The van der Waals surface area contributed by atoms with Crippen molar-refractivity contribution in [1.82, 2.24) is 5.32 Å². The quantitative estimate of drug-likeness (QED) is 0.155. The summed E-state index contributed by atoms with van der Waals surface area (Å²) in [6.07, 6.45) is 8.28. The summed E-state index contributed by atoms with van der Waals surface area (Å²) in [6, 6.07) is 10.4. The second-order valence-corrected chi connectivity index (χ2v) is 20.0. The van der Waals surface area contributed by atoms with E-state index in [1.165, 1.54) is 11.1 Å². The number of aliphatic hydroxyl groups excluding tert-OH is 1. The van der Waals surface area contributed by atoms with Gasteiger partial charge in [0.1, 0.15) is 6.10 Å². The number of carbonyl (C=O) groups excluding carboxylic acids is 2.